The minimum Gasteiger partial charge on any atom is -0.384 e. The quantitative estimate of drug-likeness (QED) is 0.631. The van der Waals surface area contributed by atoms with Crippen molar-refractivity contribution < 1.29 is 9.90 Å². The molecule has 2 N–H and O–H groups in total. The van der Waals surface area contributed by atoms with Crippen LogP contribution in [-0.2, 0) is 4.79 Å². The lowest BCUT2D eigenvalue weighted by atomic mass is 10.1. The van der Waals surface area contributed by atoms with Gasteiger partial charge in [0.25, 0.3) is 0 Å². The number of unbranched alkanes of at least 4 members (excludes halogenated alkanes) is 2. The van der Waals surface area contributed by atoms with Crippen LogP contribution >= 0.6 is 0 Å². The van der Waals surface area contributed by atoms with Gasteiger partial charge in [-0.1, -0.05) is 37.7 Å². The van der Waals surface area contributed by atoms with Crippen molar-refractivity contribution in [1.29, 1.82) is 0 Å². The van der Waals surface area contributed by atoms with E-state index in [4.69, 9.17) is 5.11 Å². The Balaban J connectivity index is 2.75. The Morgan fingerprint density at radius 1 is 1.37 bits per heavy atom. The highest BCUT2D eigenvalue weighted by atomic mass is 16.2. The van der Waals surface area contributed by atoms with E-state index in [1.165, 1.54) is 0 Å². The van der Waals surface area contributed by atoms with Gasteiger partial charge in [-0.15, -0.1) is 0 Å². The average molecular weight is 259 g/mol. The second kappa shape index (κ2) is 8.34. The zero-order chi connectivity index (χ0) is 14.1. The maximum Gasteiger partial charge on any atom is 0.224 e. The van der Waals surface area contributed by atoms with Crippen LogP contribution < -0.4 is 5.32 Å². The molecule has 0 saturated carbocycles. The average Bonchev–Trinajstić information content (AvgIpc) is 2.38. The topological polar surface area (TPSA) is 49.3 Å². The molecule has 0 fully saturated rings. The van der Waals surface area contributed by atoms with E-state index in [0.717, 1.165) is 36.1 Å². The van der Waals surface area contributed by atoms with Crippen molar-refractivity contribution in [2.45, 2.75) is 39.5 Å². The predicted octanol–water partition coefficient (Wildman–Crippen LogP) is 2.86. The number of hydrogen-bond acceptors (Lipinski definition) is 2. The Hall–Kier alpha value is -1.79. The van der Waals surface area contributed by atoms with Crippen molar-refractivity contribution in [2.24, 2.45) is 0 Å². The van der Waals surface area contributed by atoms with Crippen LogP contribution in [0.1, 0.15) is 43.7 Å². The summed E-state index contributed by atoms with van der Waals surface area (Å²) in [7, 11) is 0. The van der Waals surface area contributed by atoms with Crippen molar-refractivity contribution in [2.75, 3.05) is 11.9 Å². The first-order chi connectivity index (χ1) is 9.17. The molecule has 3 heteroatoms. The van der Waals surface area contributed by atoms with Gasteiger partial charge in [0.15, 0.2) is 0 Å². The summed E-state index contributed by atoms with van der Waals surface area (Å²) in [6.45, 7) is 3.90. The molecule has 0 heterocycles. The number of aryl methyl sites for hydroxylation is 1. The van der Waals surface area contributed by atoms with Crippen LogP contribution in [0, 0.1) is 18.8 Å². The van der Waals surface area contributed by atoms with Gasteiger partial charge in [-0.3, -0.25) is 4.79 Å². The first-order valence-electron chi connectivity index (χ1n) is 6.67. The maximum absolute atomic E-state index is 11.8. The minimum atomic E-state index is -0.183. The number of amides is 1. The highest BCUT2D eigenvalue weighted by Crippen LogP contribution is 2.17. The molecule has 0 bridgehead atoms. The highest BCUT2D eigenvalue weighted by molar-refractivity contribution is 5.92. The smallest absolute Gasteiger partial charge is 0.224 e. The fourth-order valence-corrected chi connectivity index (χ4v) is 1.75. The van der Waals surface area contributed by atoms with E-state index in [-0.39, 0.29) is 12.5 Å². The molecule has 1 aromatic rings. The lowest BCUT2D eigenvalue weighted by molar-refractivity contribution is -0.116. The standard InChI is InChI=1S/C16H21NO2/c1-3-4-5-8-16(19)17-15-12-13(2)9-10-14(15)7-6-11-18/h9-10,12,18H,3-5,8,11H2,1-2H3,(H,17,19). The van der Waals surface area contributed by atoms with E-state index in [1.54, 1.807) is 0 Å². The summed E-state index contributed by atoms with van der Waals surface area (Å²) in [5.41, 5.74) is 2.53. The Morgan fingerprint density at radius 2 is 2.16 bits per heavy atom. The van der Waals surface area contributed by atoms with Gasteiger partial charge in [-0.05, 0) is 31.0 Å². The van der Waals surface area contributed by atoms with E-state index in [2.05, 4.69) is 24.1 Å². The lowest BCUT2D eigenvalue weighted by Gasteiger charge is -2.08. The van der Waals surface area contributed by atoms with Crippen LogP contribution in [0.5, 0.6) is 0 Å². The fraction of sp³-hybridized carbons (Fsp3) is 0.438. The van der Waals surface area contributed by atoms with Gasteiger partial charge in [0.1, 0.15) is 6.61 Å². The zero-order valence-corrected chi connectivity index (χ0v) is 11.6. The zero-order valence-electron chi connectivity index (χ0n) is 11.6. The number of nitrogens with one attached hydrogen (secondary N) is 1. The van der Waals surface area contributed by atoms with Crippen molar-refractivity contribution in [3.63, 3.8) is 0 Å². The van der Waals surface area contributed by atoms with E-state index in [0.29, 0.717) is 6.42 Å². The molecule has 3 nitrogen and oxygen atoms in total. The van der Waals surface area contributed by atoms with Gasteiger partial charge in [-0.2, -0.15) is 0 Å². The highest BCUT2D eigenvalue weighted by Gasteiger charge is 2.05. The first-order valence-corrected chi connectivity index (χ1v) is 6.67. The van der Waals surface area contributed by atoms with Crippen LogP contribution in [0.3, 0.4) is 0 Å². The molecule has 102 valence electrons. The van der Waals surface area contributed by atoms with E-state index < -0.39 is 0 Å². The molecule has 0 aliphatic rings. The Labute approximate surface area is 115 Å². The van der Waals surface area contributed by atoms with Crippen LogP contribution in [-0.4, -0.2) is 17.6 Å². The number of anilines is 1. The van der Waals surface area contributed by atoms with Crippen molar-refractivity contribution in [1.82, 2.24) is 0 Å². The van der Waals surface area contributed by atoms with E-state index >= 15 is 0 Å². The monoisotopic (exact) mass is 259 g/mol. The van der Waals surface area contributed by atoms with Gasteiger partial charge in [0.2, 0.25) is 5.91 Å². The summed E-state index contributed by atoms with van der Waals surface area (Å²) in [6.07, 6.45) is 3.61. The Bertz CT molecular complexity index is 483. The van der Waals surface area contributed by atoms with Gasteiger partial charge in [0.05, 0.1) is 5.69 Å². The number of rotatable bonds is 5. The molecular weight excluding hydrogens is 238 g/mol. The van der Waals surface area contributed by atoms with Crippen LogP contribution in [0.15, 0.2) is 18.2 Å². The third-order valence-electron chi connectivity index (χ3n) is 2.76. The number of hydrogen-bond donors (Lipinski definition) is 2. The molecule has 0 unspecified atom stereocenters. The molecule has 0 aliphatic heterocycles. The maximum atomic E-state index is 11.8. The SMILES string of the molecule is CCCCCC(=O)Nc1cc(C)ccc1C#CCO. The van der Waals surface area contributed by atoms with Gasteiger partial charge in [0, 0.05) is 12.0 Å². The summed E-state index contributed by atoms with van der Waals surface area (Å²) in [4.78, 5) is 11.8. The number of carbonyl (C=O) groups excluding carboxylic acids is 1. The third-order valence-corrected chi connectivity index (χ3v) is 2.76. The van der Waals surface area contributed by atoms with E-state index in [9.17, 15) is 4.79 Å². The lowest BCUT2D eigenvalue weighted by Crippen LogP contribution is -2.12. The Morgan fingerprint density at radius 3 is 2.84 bits per heavy atom. The second-order valence-corrected chi connectivity index (χ2v) is 4.51. The van der Waals surface area contributed by atoms with Gasteiger partial charge in [-0.25, -0.2) is 0 Å². The van der Waals surface area contributed by atoms with Crippen LogP contribution in [0.4, 0.5) is 5.69 Å². The van der Waals surface area contributed by atoms with Gasteiger partial charge >= 0.3 is 0 Å². The minimum absolute atomic E-state index is 0.0195. The summed E-state index contributed by atoms with van der Waals surface area (Å²) < 4.78 is 0. The number of carbonyl (C=O) groups is 1. The molecule has 1 rings (SSSR count). The molecule has 1 aromatic carbocycles. The van der Waals surface area contributed by atoms with Crippen LogP contribution in [0.2, 0.25) is 0 Å². The largest absolute Gasteiger partial charge is 0.384 e. The number of benzene rings is 1. The normalized spacial score (nSPS) is 9.63. The second-order valence-electron chi connectivity index (χ2n) is 4.51. The molecule has 0 aliphatic carbocycles. The van der Waals surface area contributed by atoms with Crippen LogP contribution in [0.25, 0.3) is 0 Å². The summed E-state index contributed by atoms with van der Waals surface area (Å²) >= 11 is 0. The molecule has 0 radical (unpaired) electrons. The number of aliphatic hydroxyl groups excluding tert-OH is 1. The summed E-state index contributed by atoms with van der Waals surface area (Å²) in [5.74, 6) is 5.47. The summed E-state index contributed by atoms with van der Waals surface area (Å²) in [6, 6.07) is 5.70. The molecule has 19 heavy (non-hydrogen) atoms. The predicted molar refractivity (Wildman–Crippen MR) is 77.9 cm³/mol. The van der Waals surface area contributed by atoms with E-state index in [1.807, 2.05) is 25.1 Å². The molecule has 0 saturated heterocycles. The van der Waals surface area contributed by atoms with Crippen molar-refractivity contribution in [3.05, 3.63) is 29.3 Å². The molecule has 1 amide bonds. The number of aliphatic hydroxyl groups is 1. The molecule has 0 atom stereocenters. The Kier molecular flexibility index (Phi) is 6.70. The third kappa shape index (κ3) is 5.58. The van der Waals surface area contributed by atoms with Gasteiger partial charge < -0.3 is 10.4 Å². The summed E-state index contributed by atoms with van der Waals surface area (Å²) in [5, 5.41) is 11.6. The van der Waals surface area contributed by atoms with Crippen molar-refractivity contribution in [3.8, 4) is 11.8 Å². The molecule has 0 aromatic heterocycles. The first kappa shape index (κ1) is 15.3. The van der Waals surface area contributed by atoms with Crippen molar-refractivity contribution >= 4 is 11.6 Å². The fourth-order valence-electron chi connectivity index (χ4n) is 1.75. The molecular formula is C16H21NO2. The molecule has 0 spiro atoms.